The quantitative estimate of drug-likeness (QED) is 0.622. The molecule has 0 aliphatic rings. The molecule has 3 nitrogen and oxygen atoms in total. The van der Waals surface area contributed by atoms with Crippen molar-refractivity contribution in [2.75, 3.05) is 7.11 Å². The lowest BCUT2D eigenvalue weighted by Crippen LogP contribution is -2.76. The number of hydrogen-bond donors (Lipinski definition) is 1. The van der Waals surface area contributed by atoms with E-state index < -0.39 is 0 Å². The number of hydrogen-bond acceptors (Lipinski definition) is 2. The minimum absolute atomic E-state index is 0.986. The van der Waals surface area contributed by atoms with Gasteiger partial charge in [0.2, 0.25) is 0 Å². The lowest BCUT2D eigenvalue weighted by atomic mass is 10.1. The van der Waals surface area contributed by atoms with Crippen LogP contribution < -0.4 is 5.48 Å². The van der Waals surface area contributed by atoms with E-state index >= 15 is 0 Å². The van der Waals surface area contributed by atoms with Gasteiger partial charge in [0.05, 0.1) is 7.11 Å². The SMILES string of the molecule is CC.CO[NH2+]c1cc(C)cc2cccnc12. The molecule has 2 aromatic rings. The normalized spacial score (nSPS) is 9.75. The fraction of sp³-hybridized carbons (Fsp3) is 0.308. The van der Waals surface area contributed by atoms with E-state index in [0.717, 1.165) is 16.6 Å². The van der Waals surface area contributed by atoms with Crippen molar-refractivity contribution in [2.45, 2.75) is 20.8 Å². The predicted octanol–water partition coefficient (Wildman–Crippen LogP) is 2.33. The van der Waals surface area contributed by atoms with Crippen LogP contribution in [0.2, 0.25) is 0 Å². The van der Waals surface area contributed by atoms with Gasteiger partial charge < -0.3 is 0 Å². The second-order valence-electron chi connectivity index (χ2n) is 3.28. The van der Waals surface area contributed by atoms with Crippen LogP contribution >= 0.6 is 0 Å². The van der Waals surface area contributed by atoms with E-state index in [9.17, 15) is 0 Å². The summed E-state index contributed by atoms with van der Waals surface area (Å²) in [6.07, 6.45) is 1.80. The monoisotopic (exact) mass is 219 g/mol. The Kier molecular flexibility index (Phi) is 4.89. The van der Waals surface area contributed by atoms with Gasteiger partial charge >= 0.3 is 0 Å². The standard InChI is InChI=1S/C11H12N2O.C2H6/c1-8-6-9-4-3-5-12-11(9)10(7-8)13-14-2;1-2/h3-7,13H,1-2H3;1-2H3/p+1. The summed E-state index contributed by atoms with van der Waals surface area (Å²) in [6, 6.07) is 8.19. The van der Waals surface area contributed by atoms with Crippen LogP contribution in [0.15, 0.2) is 30.5 Å². The highest BCUT2D eigenvalue weighted by Crippen LogP contribution is 2.19. The molecule has 86 valence electrons. The number of fused-ring (bicyclic) bond motifs is 1. The second kappa shape index (κ2) is 6.20. The summed E-state index contributed by atoms with van der Waals surface area (Å²) in [6.45, 7) is 6.07. The first-order chi connectivity index (χ1) is 7.81. The molecule has 2 rings (SSSR count). The van der Waals surface area contributed by atoms with Gasteiger partial charge in [0, 0.05) is 17.6 Å². The van der Waals surface area contributed by atoms with E-state index in [1.54, 1.807) is 18.8 Å². The molecule has 0 saturated heterocycles. The molecule has 2 N–H and O–H groups in total. The molecule has 0 aliphatic heterocycles. The number of nitrogens with two attached hydrogens (primary N) is 1. The predicted molar refractivity (Wildman–Crippen MR) is 66.4 cm³/mol. The summed E-state index contributed by atoms with van der Waals surface area (Å²) in [4.78, 5) is 9.36. The van der Waals surface area contributed by atoms with Crippen molar-refractivity contribution in [3.63, 3.8) is 0 Å². The van der Waals surface area contributed by atoms with Gasteiger partial charge in [-0.25, -0.2) is 9.82 Å². The lowest BCUT2D eigenvalue weighted by molar-refractivity contribution is -0.829. The number of rotatable bonds is 2. The molecule has 0 radical (unpaired) electrons. The van der Waals surface area contributed by atoms with Crippen LogP contribution in [0.3, 0.4) is 0 Å². The third-order valence-electron chi connectivity index (χ3n) is 2.12. The van der Waals surface area contributed by atoms with Gasteiger partial charge in [-0.3, -0.25) is 0 Å². The Morgan fingerprint density at radius 1 is 1.25 bits per heavy atom. The topological polar surface area (TPSA) is 38.7 Å². The third-order valence-corrected chi connectivity index (χ3v) is 2.12. The average molecular weight is 219 g/mol. The Labute approximate surface area is 96.4 Å². The Balaban J connectivity index is 0.000000606. The van der Waals surface area contributed by atoms with Crippen LogP contribution in [0, 0.1) is 6.92 Å². The average Bonchev–Trinajstić information content (AvgIpc) is 2.32. The minimum Gasteiger partial charge on any atom is -0.250 e. The minimum atomic E-state index is 0.986. The summed E-state index contributed by atoms with van der Waals surface area (Å²) in [5.74, 6) is 0. The smallest absolute Gasteiger partial charge is 0.188 e. The van der Waals surface area contributed by atoms with Gasteiger partial charge in [-0.05, 0) is 24.6 Å². The van der Waals surface area contributed by atoms with E-state index in [1.165, 1.54) is 5.56 Å². The lowest BCUT2D eigenvalue weighted by Gasteiger charge is -2.02. The Morgan fingerprint density at radius 3 is 2.69 bits per heavy atom. The van der Waals surface area contributed by atoms with Crippen LogP contribution in [0.5, 0.6) is 0 Å². The first-order valence-corrected chi connectivity index (χ1v) is 5.52. The zero-order valence-electron chi connectivity index (χ0n) is 10.3. The summed E-state index contributed by atoms with van der Waals surface area (Å²) in [5.41, 5.74) is 4.96. The fourth-order valence-corrected chi connectivity index (χ4v) is 1.59. The number of aryl methyl sites for hydroxylation is 1. The van der Waals surface area contributed by atoms with E-state index in [2.05, 4.69) is 30.1 Å². The van der Waals surface area contributed by atoms with Crippen molar-refractivity contribution in [1.29, 1.82) is 0 Å². The summed E-state index contributed by atoms with van der Waals surface area (Å²) in [7, 11) is 1.65. The molecule has 1 heterocycles. The maximum Gasteiger partial charge on any atom is 0.188 e. The molecule has 0 fully saturated rings. The van der Waals surface area contributed by atoms with Crippen LogP contribution in [0.1, 0.15) is 19.4 Å². The van der Waals surface area contributed by atoms with Crippen molar-refractivity contribution in [2.24, 2.45) is 0 Å². The molecule has 0 unspecified atom stereocenters. The number of nitrogens with zero attached hydrogens (tertiary/aromatic N) is 1. The molecular weight excluding hydrogens is 200 g/mol. The molecule has 16 heavy (non-hydrogen) atoms. The first-order valence-electron chi connectivity index (χ1n) is 5.52. The highest BCUT2D eigenvalue weighted by molar-refractivity contribution is 5.87. The van der Waals surface area contributed by atoms with Gasteiger partial charge in [-0.15, -0.1) is 0 Å². The van der Waals surface area contributed by atoms with Gasteiger partial charge in [-0.2, -0.15) is 5.48 Å². The van der Waals surface area contributed by atoms with Gasteiger partial charge in [-0.1, -0.05) is 19.9 Å². The molecule has 0 atom stereocenters. The number of benzene rings is 1. The zero-order chi connectivity index (χ0) is 12.0. The van der Waals surface area contributed by atoms with Gasteiger partial charge in [0.25, 0.3) is 0 Å². The van der Waals surface area contributed by atoms with Crippen LogP contribution in [-0.2, 0) is 4.84 Å². The van der Waals surface area contributed by atoms with E-state index in [1.807, 2.05) is 19.9 Å². The number of quaternary nitrogens is 1. The highest BCUT2D eigenvalue weighted by Gasteiger charge is 2.06. The van der Waals surface area contributed by atoms with Crippen molar-refractivity contribution in [3.8, 4) is 0 Å². The molecular formula is C13H19N2O+. The Hall–Kier alpha value is -1.45. The first kappa shape index (κ1) is 12.6. The number of pyridine rings is 1. The van der Waals surface area contributed by atoms with E-state index in [4.69, 9.17) is 4.84 Å². The zero-order valence-corrected chi connectivity index (χ0v) is 10.3. The Bertz CT molecular complexity index is 455. The van der Waals surface area contributed by atoms with Gasteiger partial charge in [0.1, 0.15) is 5.52 Å². The molecule has 0 saturated carbocycles. The highest BCUT2D eigenvalue weighted by atomic mass is 16.6. The second-order valence-corrected chi connectivity index (χ2v) is 3.28. The molecule has 0 bridgehead atoms. The maximum absolute atomic E-state index is 5.03. The van der Waals surface area contributed by atoms with Crippen molar-refractivity contribution >= 4 is 16.6 Å². The van der Waals surface area contributed by atoms with Crippen molar-refractivity contribution < 1.29 is 10.3 Å². The Morgan fingerprint density at radius 2 is 2.00 bits per heavy atom. The maximum atomic E-state index is 5.03. The molecule has 0 amide bonds. The molecule has 0 spiro atoms. The van der Waals surface area contributed by atoms with Crippen molar-refractivity contribution in [1.82, 2.24) is 4.98 Å². The summed E-state index contributed by atoms with van der Waals surface area (Å²) < 4.78 is 0. The fourth-order valence-electron chi connectivity index (χ4n) is 1.59. The third kappa shape index (κ3) is 2.78. The van der Waals surface area contributed by atoms with Crippen molar-refractivity contribution in [3.05, 3.63) is 36.0 Å². The van der Waals surface area contributed by atoms with Crippen LogP contribution in [-0.4, -0.2) is 12.1 Å². The van der Waals surface area contributed by atoms with Crippen LogP contribution in [0.25, 0.3) is 10.9 Å². The number of aromatic nitrogens is 1. The summed E-state index contributed by atoms with van der Waals surface area (Å²) in [5, 5.41) is 1.15. The molecule has 1 aromatic heterocycles. The van der Waals surface area contributed by atoms with Crippen LogP contribution in [0.4, 0.5) is 5.69 Å². The largest absolute Gasteiger partial charge is 0.250 e. The van der Waals surface area contributed by atoms with Gasteiger partial charge in [0.15, 0.2) is 5.69 Å². The molecule has 1 aromatic carbocycles. The van der Waals surface area contributed by atoms with E-state index in [0.29, 0.717) is 0 Å². The summed E-state index contributed by atoms with van der Waals surface area (Å²) >= 11 is 0. The van der Waals surface area contributed by atoms with E-state index in [-0.39, 0.29) is 0 Å². The molecule has 3 heteroatoms. The molecule has 0 aliphatic carbocycles.